The number of nitrogens with two attached hydrogens (primary N) is 1. The van der Waals surface area contributed by atoms with Crippen molar-refractivity contribution in [3.05, 3.63) is 0 Å². The van der Waals surface area contributed by atoms with Crippen LogP contribution in [0.15, 0.2) is 0 Å². The van der Waals surface area contributed by atoms with Crippen LogP contribution < -0.4 is 5.73 Å². The molecule has 3 heteroatoms. The summed E-state index contributed by atoms with van der Waals surface area (Å²) in [5.74, 6) is -0.142. The van der Waals surface area contributed by atoms with Gasteiger partial charge in [0.25, 0.3) is 0 Å². The molecular weight excluding hydrogens is 178 g/mol. The first kappa shape index (κ1) is 13.4. The third-order valence-electron chi connectivity index (χ3n) is 1.79. The van der Waals surface area contributed by atoms with Crippen molar-refractivity contribution in [1.29, 1.82) is 0 Å². The number of carbonyl (C=O) groups excluding carboxylic acids is 1. The highest BCUT2D eigenvalue weighted by molar-refractivity contribution is 5.69. The van der Waals surface area contributed by atoms with Gasteiger partial charge in [0.2, 0.25) is 0 Å². The van der Waals surface area contributed by atoms with Crippen LogP contribution in [0, 0.1) is 5.41 Å². The molecule has 1 atom stereocenters. The summed E-state index contributed by atoms with van der Waals surface area (Å²) in [6.07, 6.45) is 2.18. The largest absolute Gasteiger partial charge is 0.464 e. The molecule has 0 rings (SSSR count). The maximum atomic E-state index is 11.0. The molecule has 2 N–H and O–H groups in total. The van der Waals surface area contributed by atoms with Gasteiger partial charge in [0.05, 0.1) is 0 Å². The van der Waals surface area contributed by atoms with Crippen LogP contribution >= 0.6 is 0 Å². The molecule has 0 aliphatic carbocycles. The number of carbonyl (C=O) groups is 1. The highest BCUT2D eigenvalue weighted by Crippen LogP contribution is 2.19. The molecule has 0 aromatic rings. The molecule has 0 heterocycles. The zero-order valence-corrected chi connectivity index (χ0v) is 9.80. The van der Waals surface area contributed by atoms with Gasteiger partial charge in [0.1, 0.15) is 6.61 Å². The van der Waals surface area contributed by atoms with Gasteiger partial charge in [-0.25, -0.2) is 0 Å². The Hall–Kier alpha value is -0.570. The molecule has 0 spiro atoms. The van der Waals surface area contributed by atoms with Gasteiger partial charge in [-0.1, -0.05) is 27.7 Å². The third kappa shape index (κ3) is 8.05. The van der Waals surface area contributed by atoms with Gasteiger partial charge in [-0.3, -0.25) is 4.79 Å². The van der Waals surface area contributed by atoms with Crippen LogP contribution in [0.2, 0.25) is 0 Å². The molecule has 14 heavy (non-hydrogen) atoms. The first-order chi connectivity index (χ1) is 6.35. The molecule has 3 nitrogen and oxygen atoms in total. The van der Waals surface area contributed by atoms with E-state index in [0.717, 1.165) is 12.8 Å². The number of ether oxygens (including phenoxy) is 1. The average Bonchev–Trinajstić information content (AvgIpc) is 1.98. The summed E-state index contributed by atoms with van der Waals surface area (Å²) in [7, 11) is 0. The smallest absolute Gasteiger partial charge is 0.305 e. The molecule has 0 aromatic carbocycles. The summed E-state index contributed by atoms with van der Waals surface area (Å²) >= 11 is 0. The monoisotopic (exact) mass is 201 g/mol. The lowest BCUT2D eigenvalue weighted by molar-refractivity contribution is -0.144. The van der Waals surface area contributed by atoms with Crippen molar-refractivity contribution in [1.82, 2.24) is 0 Å². The van der Waals surface area contributed by atoms with E-state index in [9.17, 15) is 4.79 Å². The zero-order valence-electron chi connectivity index (χ0n) is 9.80. The lowest BCUT2D eigenvalue weighted by atomic mass is 9.89. The Morgan fingerprint density at radius 2 is 2.00 bits per heavy atom. The van der Waals surface area contributed by atoms with E-state index in [0.29, 0.717) is 13.0 Å². The Labute approximate surface area is 87.0 Å². The molecule has 0 radical (unpaired) electrons. The lowest BCUT2D eigenvalue weighted by Crippen LogP contribution is -2.32. The van der Waals surface area contributed by atoms with Crippen molar-refractivity contribution in [2.45, 2.75) is 53.0 Å². The number of hydrogen-bond donors (Lipinski definition) is 1. The predicted octanol–water partition coefficient (Wildman–Crippen LogP) is 2.09. The molecule has 0 saturated heterocycles. The SMILES string of the molecule is CCCC(=O)OC[C@@H](N)CC(C)(C)C. The van der Waals surface area contributed by atoms with E-state index in [1.54, 1.807) is 0 Å². The average molecular weight is 201 g/mol. The van der Waals surface area contributed by atoms with Gasteiger partial charge in [-0.05, 0) is 18.3 Å². The topological polar surface area (TPSA) is 52.3 Å². The van der Waals surface area contributed by atoms with Crippen molar-refractivity contribution in [2.24, 2.45) is 11.1 Å². The zero-order chi connectivity index (χ0) is 11.2. The molecule has 0 aromatic heterocycles. The van der Waals surface area contributed by atoms with E-state index in [2.05, 4.69) is 20.8 Å². The standard InChI is InChI=1S/C11H23NO2/c1-5-6-10(13)14-8-9(12)7-11(2,3)4/h9H,5-8,12H2,1-4H3/t9-/m0/s1. The Kier molecular flexibility index (Phi) is 5.77. The minimum Gasteiger partial charge on any atom is -0.464 e. The number of esters is 1. The van der Waals surface area contributed by atoms with Gasteiger partial charge in [-0.2, -0.15) is 0 Å². The Bertz CT molecular complexity index is 173. The van der Waals surface area contributed by atoms with E-state index in [4.69, 9.17) is 10.5 Å². The Balaban J connectivity index is 3.63. The van der Waals surface area contributed by atoms with Crippen molar-refractivity contribution in [3.8, 4) is 0 Å². The van der Waals surface area contributed by atoms with Crippen LogP contribution in [0.3, 0.4) is 0 Å². The molecule has 84 valence electrons. The van der Waals surface area contributed by atoms with E-state index < -0.39 is 0 Å². The summed E-state index contributed by atoms with van der Waals surface area (Å²) in [6, 6.07) is -0.0455. The number of hydrogen-bond acceptors (Lipinski definition) is 3. The van der Waals surface area contributed by atoms with Crippen LogP contribution in [0.5, 0.6) is 0 Å². The molecular formula is C11H23NO2. The summed E-state index contributed by atoms with van der Waals surface area (Å²) in [5, 5.41) is 0. The second-order valence-electron chi connectivity index (χ2n) is 4.96. The van der Waals surface area contributed by atoms with Crippen molar-refractivity contribution < 1.29 is 9.53 Å². The van der Waals surface area contributed by atoms with Crippen LogP contribution in [0.1, 0.15) is 47.0 Å². The fraction of sp³-hybridized carbons (Fsp3) is 0.909. The van der Waals surface area contributed by atoms with E-state index in [1.807, 2.05) is 6.92 Å². The normalized spacial score (nSPS) is 13.8. The highest BCUT2D eigenvalue weighted by atomic mass is 16.5. The summed E-state index contributed by atoms with van der Waals surface area (Å²) in [6.45, 7) is 8.68. The molecule has 0 aliphatic heterocycles. The first-order valence-corrected chi connectivity index (χ1v) is 5.26. The fourth-order valence-electron chi connectivity index (χ4n) is 1.32. The Morgan fingerprint density at radius 3 is 2.43 bits per heavy atom. The van der Waals surface area contributed by atoms with Crippen molar-refractivity contribution in [2.75, 3.05) is 6.61 Å². The highest BCUT2D eigenvalue weighted by Gasteiger charge is 2.16. The van der Waals surface area contributed by atoms with Gasteiger partial charge < -0.3 is 10.5 Å². The summed E-state index contributed by atoms with van der Waals surface area (Å²) in [5.41, 5.74) is 6.02. The first-order valence-electron chi connectivity index (χ1n) is 5.26. The minimum atomic E-state index is -0.142. The van der Waals surface area contributed by atoms with Gasteiger partial charge in [0.15, 0.2) is 0 Å². The van der Waals surface area contributed by atoms with Crippen molar-refractivity contribution in [3.63, 3.8) is 0 Å². The van der Waals surface area contributed by atoms with Crippen LogP contribution in [0.25, 0.3) is 0 Å². The lowest BCUT2D eigenvalue weighted by Gasteiger charge is -2.22. The van der Waals surface area contributed by atoms with Gasteiger partial charge in [0, 0.05) is 12.5 Å². The molecule has 0 amide bonds. The van der Waals surface area contributed by atoms with E-state index in [-0.39, 0.29) is 17.4 Å². The second kappa shape index (κ2) is 6.02. The van der Waals surface area contributed by atoms with E-state index >= 15 is 0 Å². The molecule has 0 aliphatic rings. The van der Waals surface area contributed by atoms with Gasteiger partial charge >= 0.3 is 5.97 Å². The summed E-state index contributed by atoms with van der Waals surface area (Å²) < 4.78 is 5.03. The maximum Gasteiger partial charge on any atom is 0.305 e. The van der Waals surface area contributed by atoms with Crippen LogP contribution in [-0.4, -0.2) is 18.6 Å². The molecule has 0 fully saturated rings. The summed E-state index contributed by atoms with van der Waals surface area (Å²) in [4.78, 5) is 11.0. The predicted molar refractivity (Wildman–Crippen MR) is 57.9 cm³/mol. The Morgan fingerprint density at radius 1 is 1.43 bits per heavy atom. The van der Waals surface area contributed by atoms with Crippen LogP contribution in [-0.2, 0) is 9.53 Å². The minimum absolute atomic E-state index is 0.0455. The fourth-order valence-corrected chi connectivity index (χ4v) is 1.32. The number of rotatable bonds is 5. The molecule has 0 unspecified atom stereocenters. The maximum absolute atomic E-state index is 11.0. The second-order valence-corrected chi connectivity index (χ2v) is 4.96. The van der Waals surface area contributed by atoms with E-state index in [1.165, 1.54) is 0 Å². The molecule has 0 saturated carbocycles. The molecule has 0 bridgehead atoms. The van der Waals surface area contributed by atoms with Crippen LogP contribution in [0.4, 0.5) is 0 Å². The third-order valence-corrected chi connectivity index (χ3v) is 1.79. The quantitative estimate of drug-likeness (QED) is 0.693. The van der Waals surface area contributed by atoms with Gasteiger partial charge in [-0.15, -0.1) is 0 Å². The van der Waals surface area contributed by atoms with Crippen molar-refractivity contribution >= 4 is 5.97 Å².